The Balaban J connectivity index is 1.79. The van der Waals surface area contributed by atoms with Gasteiger partial charge in [0.15, 0.2) is 0 Å². The molecule has 0 amide bonds. The summed E-state index contributed by atoms with van der Waals surface area (Å²) in [7, 11) is 0. The zero-order valence-corrected chi connectivity index (χ0v) is 12.9. The largest absolute Gasteiger partial charge is 0.372 e. The van der Waals surface area contributed by atoms with Crippen molar-refractivity contribution in [1.82, 2.24) is 0 Å². The summed E-state index contributed by atoms with van der Waals surface area (Å²) in [6.45, 7) is 1.06. The van der Waals surface area contributed by atoms with E-state index in [1.54, 1.807) is 0 Å². The van der Waals surface area contributed by atoms with Crippen LogP contribution in [0.15, 0.2) is 72.8 Å². The van der Waals surface area contributed by atoms with Gasteiger partial charge in [-0.05, 0) is 29.7 Å². The molecule has 112 valence electrons. The molecule has 0 bridgehead atoms. The zero-order chi connectivity index (χ0) is 15.2. The van der Waals surface area contributed by atoms with E-state index >= 15 is 0 Å². The summed E-state index contributed by atoms with van der Waals surface area (Å²) in [5.74, 6) is 0. The molecule has 3 aromatic rings. The van der Waals surface area contributed by atoms with Gasteiger partial charge in [-0.2, -0.15) is 0 Å². The van der Waals surface area contributed by atoms with Gasteiger partial charge in [-0.3, -0.25) is 0 Å². The molecule has 2 aliphatic heterocycles. The fourth-order valence-corrected chi connectivity index (χ4v) is 3.93. The summed E-state index contributed by atoms with van der Waals surface area (Å²) < 4.78 is 0. The molecule has 0 saturated carbocycles. The Morgan fingerprint density at radius 1 is 0.826 bits per heavy atom. The molecule has 2 heteroatoms. The van der Waals surface area contributed by atoms with E-state index in [2.05, 4.69) is 83.0 Å². The second-order valence-corrected chi connectivity index (χ2v) is 6.26. The standard InChI is InChI=1S/C21H18N2/c1-2-7-15(8-3-1)20-17-10-6-9-16-13-14-23(21(16)17)19-12-5-4-11-18(19)22-20/h1-12,20,22H,13-14H2. The minimum Gasteiger partial charge on any atom is -0.372 e. The van der Waals surface area contributed by atoms with E-state index in [9.17, 15) is 0 Å². The van der Waals surface area contributed by atoms with Crippen molar-refractivity contribution in [2.24, 2.45) is 0 Å². The maximum absolute atomic E-state index is 3.78. The van der Waals surface area contributed by atoms with Crippen LogP contribution in [-0.4, -0.2) is 6.54 Å². The summed E-state index contributed by atoms with van der Waals surface area (Å²) in [5, 5.41) is 3.78. The lowest BCUT2D eigenvalue weighted by atomic mass is 9.95. The zero-order valence-electron chi connectivity index (χ0n) is 12.9. The van der Waals surface area contributed by atoms with Crippen LogP contribution in [0.25, 0.3) is 0 Å². The Morgan fingerprint density at radius 3 is 2.57 bits per heavy atom. The van der Waals surface area contributed by atoms with Gasteiger partial charge in [0.05, 0.1) is 23.1 Å². The van der Waals surface area contributed by atoms with Crippen LogP contribution in [0.2, 0.25) is 0 Å². The molecule has 0 fully saturated rings. The molecule has 0 saturated heterocycles. The molecule has 0 aromatic heterocycles. The van der Waals surface area contributed by atoms with Gasteiger partial charge < -0.3 is 10.2 Å². The summed E-state index contributed by atoms with van der Waals surface area (Å²) in [4.78, 5) is 2.48. The monoisotopic (exact) mass is 298 g/mol. The molecule has 2 nitrogen and oxygen atoms in total. The second kappa shape index (κ2) is 4.88. The van der Waals surface area contributed by atoms with Gasteiger partial charge in [0.2, 0.25) is 0 Å². The van der Waals surface area contributed by atoms with Gasteiger partial charge in [0.1, 0.15) is 0 Å². The molecular weight excluding hydrogens is 280 g/mol. The predicted octanol–water partition coefficient (Wildman–Crippen LogP) is 4.90. The van der Waals surface area contributed by atoms with Gasteiger partial charge in [0, 0.05) is 12.1 Å². The van der Waals surface area contributed by atoms with Crippen molar-refractivity contribution in [3.05, 3.63) is 89.5 Å². The highest BCUT2D eigenvalue weighted by atomic mass is 15.2. The third kappa shape index (κ3) is 1.88. The first-order chi connectivity index (χ1) is 11.4. The maximum atomic E-state index is 3.78. The molecule has 5 rings (SSSR count). The second-order valence-electron chi connectivity index (χ2n) is 6.26. The molecule has 2 heterocycles. The van der Waals surface area contributed by atoms with Gasteiger partial charge in [-0.1, -0.05) is 60.7 Å². The van der Waals surface area contributed by atoms with Crippen LogP contribution >= 0.6 is 0 Å². The number of para-hydroxylation sites is 3. The molecule has 0 aliphatic carbocycles. The molecule has 0 radical (unpaired) electrons. The lowest BCUT2D eigenvalue weighted by Crippen LogP contribution is -2.13. The summed E-state index contributed by atoms with van der Waals surface area (Å²) in [5.41, 5.74) is 8.05. The van der Waals surface area contributed by atoms with E-state index in [1.807, 2.05) is 0 Å². The van der Waals surface area contributed by atoms with E-state index in [0.29, 0.717) is 0 Å². The number of hydrogen-bond acceptors (Lipinski definition) is 2. The summed E-state index contributed by atoms with van der Waals surface area (Å²) >= 11 is 0. The van der Waals surface area contributed by atoms with Crippen LogP contribution in [0.1, 0.15) is 22.7 Å². The van der Waals surface area contributed by atoms with Crippen molar-refractivity contribution in [2.75, 3.05) is 16.8 Å². The van der Waals surface area contributed by atoms with Crippen LogP contribution < -0.4 is 10.2 Å². The fraction of sp³-hybridized carbons (Fsp3) is 0.143. The first kappa shape index (κ1) is 12.8. The minimum atomic E-state index is 0.190. The maximum Gasteiger partial charge on any atom is 0.0788 e. The van der Waals surface area contributed by atoms with Crippen LogP contribution in [0.4, 0.5) is 17.1 Å². The highest BCUT2D eigenvalue weighted by Gasteiger charge is 2.31. The number of rotatable bonds is 1. The van der Waals surface area contributed by atoms with Gasteiger partial charge in [-0.25, -0.2) is 0 Å². The van der Waals surface area contributed by atoms with Gasteiger partial charge in [0.25, 0.3) is 0 Å². The van der Waals surface area contributed by atoms with Crippen molar-refractivity contribution in [3.8, 4) is 0 Å². The highest BCUT2D eigenvalue weighted by Crippen LogP contribution is 2.47. The highest BCUT2D eigenvalue weighted by molar-refractivity contribution is 5.84. The first-order valence-electron chi connectivity index (χ1n) is 8.22. The molecule has 1 atom stereocenters. The fourth-order valence-electron chi connectivity index (χ4n) is 3.93. The Morgan fingerprint density at radius 2 is 1.65 bits per heavy atom. The quantitative estimate of drug-likeness (QED) is 0.687. The van der Waals surface area contributed by atoms with Crippen LogP contribution in [-0.2, 0) is 6.42 Å². The van der Waals surface area contributed by atoms with E-state index in [4.69, 9.17) is 0 Å². The molecular formula is C21H18N2. The van der Waals surface area contributed by atoms with Gasteiger partial charge in [-0.15, -0.1) is 0 Å². The van der Waals surface area contributed by atoms with Crippen LogP contribution in [0.5, 0.6) is 0 Å². The molecule has 3 aromatic carbocycles. The summed E-state index contributed by atoms with van der Waals surface area (Å²) in [6, 6.07) is 26.3. The topological polar surface area (TPSA) is 15.3 Å². The molecule has 23 heavy (non-hydrogen) atoms. The smallest absolute Gasteiger partial charge is 0.0788 e. The number of fused-ring (bicyclic) bond motifs is 2. The number of nitrogens with one attached hydrogen (secondary N) is 1. The SMILES string of the molecule is c1ccc(C2Nc3ccccc3N3CCc4cccc2c43)cc1. The number of hydrogen-bond donors (Lipinski definition) is 1. The molecule has 2 aliphatic rings. The predicted molar refractivity (Wildman–Crippen MR) is 95.5 cm³/mol. The van der Waals surface area contributed by atoms with Crippen molar-refractivity contribution in [3.63, 3.8) is 0 Å². The van der Waals surface area contributed by atoms with Crippen LogP contribution in [0, 0.1) is 0 Å². The lowest BCUT2D eigenvalue weighted by Gasteiger charge is -2.21. The van der Waals surface area contributed by atoms with E-state index in [-0.39, 0.29) is 6.04 Å². The average Bonchev–Trinajstić information content (AvgIpc) is 2.98. The normalized spacial score (nSPS) is 17.9. The minimum absolute atomic E-state index is 0.190. The number of benzene rings is 3. The Kier molecular flexibility index (Phi) is 2.71. The lowest BCUT2D eigenvalue weighted by molar-refractivity contribution is 0.947. The average molecular weight is 298 g/mol. The molecule has 1 N–H and O–H groups in total. The number of nitrogens with zero attached hydrogens (tertiary/aromatic N) is 1. The summed E-state index contributed by atoms with van der Waals surface area (Å²) in [6.07, 6.45) is 1.12. The van der Waals surface area contributed by atoms with Crippen molar-refractivity contribution in [2.45, 2.75) is 12.5 Å². The first-order valence-corrected chi connectivity index (χ1v) is 8.22. The van der Waals surface area contributed by atoms with Crippen molar-refractivity contribution >= 4 is 17.1 Å². The number of anilines is 3. The Bertz CT molecular complexity index is 870. The van der Waals surface area contributed by atoms with Gasteiger partial charge >= 0.3 is 0 Å². The van der Waals surface area contributed by atoms with E-state index < -0.39 is 0 Å². The third-order valence-corrected chi connectivity index (χ3v) is 4.96. The Labute approximate surface area is 136 Å². The van der Waals surface area contributed by atoms with Crippen molar-refractivity contribution in [1.29, 1.82) is 0 Å². The Hall–Kier alpha value is -2.74. The van der Waals surface area contributed by atoms with E-state index in [0.717, 1.165) is 13.0 Å². The third-order valence-electron chi connectivity index (χ3n) is 4.96. The van der Waals surface area contributed by atoms with Crippen LogP contribution in [0.3, 0.4) is 0 Å². The van der Waals surface area contributed by atoms with Crippen molar-refractivity contribution < 1.29 is 0 Å². The molecule has 0 spiro atoms. The molecule has 1 unspecified atom stereocenters. The van der Waals surface area contributed by atoms with E-state index in [1.165, 1.54) is 33.8 Å².